The van der Waals surface area contributed by atoms with E-state index in [0.717, 1.165) is 6.07 Å². The van der Waals surface area contributed by atoms with Gasteiger partial charge in [0.1, 0.15) is 11.5 Å². The van der Waals surface area contributed by atoms with Gasteiger partial charge in [-0.15, -0.1) is 0 Å². The molecule has 0 aliphatic carbocycles. The largest absolute Gasteiger partial charge is 0.508 e. The molecule has 3 N–H and O–H groups in total. The molecule has 0 aliphatic rings. The zero-order valence-electron chi connectivity index (χ0n) is 14.3. The van der Waals surface area contributed by atoms with Crippen molar-refractivity contribution in [3.63, 3.8) is 0 Å². The Bertz CT molecular complexity index is 1200. The highest BCUT2D eigenvalue weighted by atomic mass is 35.5. The lowest BCUT2D eigenvalue weighted by Gasteiger charge is -2.34. The van der Waals surface area contributed by atoms with Gasteiger partial charge in [-0.25, -0.2) is 0 Å². The summed E-state index contributed by atoms with van der Waals surface area (Å²) in [4.78, 5) is 0. The quantitative estimate of drug-likeness (QED) is 0.311. The van der Waals surface area contributed by atoms with Crippen LogP contribution in [0.15, 0.2) is 54.6 Å². The molecule has 29 heavy (non-hydrogen) atoms. The summed E-state index contributed by atoms with van der Waals surface area (Å²) < 4.78 is 34.0. The minimum atomic E-state index is -5.13. The molecule has 3 rings (SSSR count). The van der Waals surface area contributed by atoms with Crippen LogP contribution < -0.4 is 0 Å². The van der Waals surface area contributed by atoms with E-state index in [1.165, 1.54) is 48.5 Å². The van der Waals surface area contributed by atoms with Crippen molar-refractivity contribution < 1.29 is 23.2 Å². The summed E-state index contributed by atoms with van der Waals surface area (Å²) in [5, 5.41) is 19.9. The summed E-state index contributed by atoms with van der Waals surface area (Å²) in [5.41, 5.74) is -0.648. The standard InChI is InChI=1S/C19H12Cl4O5S/c20-11-3-6-14(21)13(9-11)19(29(26,27)28,10-1-4-12(24)5-2-10)17-16(25)8-7-15(22)18(17)23/h1-9,24-25H,(H,26,27,28). The van der Waals surface area contributed by atoms with Crippen molar-refractivity contribution in [3.8, 4) is 11.5 Å². The van der Waals surface area contributed by atoms with Crippen molar-refractivity contribution in [3.05, 3.63) is 91.4 Å². The number of halogens is 4. The molecule has 3 aromatic rings. The first kappa shape index (κ1) is 22.0. The van der Waals surface area contributed by atoms with Gasteiger partial charge in [0, 0.05) is 21.2 Å². The smallest absolute Gasteiger partial charge is 0.283 e. The summed E-state index contributed by atoms with van der Waals surface area (Å²) >= 11 is 24.8. The average molecular weight is 494 g/mol. The average Bonchev–Trinajstić information content (AvgIpc) is 2.64. The molecule has 10 heteroatoms. The van der Waals surface area contributed by atoms with E-state index < -0.39 is 26.2 Å². The Labute approximate surface area is 186 Å². The van der Waals surface area contributed by atoms with Gasteiger partial charge in [-0.05, 0) is 48.0 Å². The monoisotopic (exact) mass is 492 g/mol. The zero-order chi connectivity index (χ0) is 21.6. The van der Waals surface area contributed by atoms with Gasteiger partial charge in [0.2, 0.25) is 0 Å². The summed E-state index contributed by atoms with van der Waals surface area (Å²) in [6, 6.07) is 11.3. The van der Waals surface area contributed by atoms with Crippen LogP contribution in [0.3, 0.4) is 0 Å². The van der Waals surface area contributed by atoms with Crippen LogP contribution in [-0.2, 0) is 14.9 Å². The van der Waals surface area contributed by atoms with Crippen molar-refractivity contribution in [2.45, 2.75) is 4.75 Å². The molecule has 1 unspecified atom stereocenters. The Balaban J connectivity index is 2.65. The second-order valence-electron chi connectivity index (χ2n) is 6.08. The minimum Gasteiger partial charge on any atom is -0.508 e. The molecule has 0 bridgehead atoms. The van der Waals surface area contributed by atoms with E-state index in [9.17, 15) is 23.2 Å². The summed E-state index contributed by atoms with van der Waals surface area (Å²) in [7, 11) is -5.13. The highest BCUT2D eigenvalue weighted by molar-refractivity contribution is 7.87. The maximum Gasteiger partial charge on any atom is 0.283 e. The first-order valence-corrected chi connectivity index (χ1v) is 10.8. The van der Waals surface area contributed by atoms with Gasteiger partial charge in [0.15, 0.2) is 4.75 Å². The Morgan fingerprint density at radius 3 is 1.97 bits per heavy atom. The second-order valence-corrected chi connectivity index (χ2v) is 9.27. The van der Waals surface area contributed by atoms with Gasteiger partial charge in [-0.3, -0.25) is 4.55 Å². The summed E-state index contributed by atoms with van der Waals surface area (Å²) in [5.74, 6) is -0.710. The molecule has 0 heterocycles. The fourth-order valence-corrected chi connectivity index (χ4v) is 5.54. The Kier molecular flexibility index (Phi) is 5.98. The topological polar surface area (TPSA) is 94.8 Å². The van der Waals surface area contributed by atoms with E-state index in [0.29, 0.717) is 0 Å². The molecule has 0 fully saturated rings. The van der Waals surface area contributed by atoms with Gasteiger partial charge in [-0.1, -0.05) is 58.5 Å². The van der Waals surface area contributed by atoms with Crippen LogP contribution >= 0.6 is 46.4 Å². The molecule has 0 saturated carbocycles. The highest BCUT2D eigenvalue weighted by Gasteiger charge is 2.52. The third kappa shape index (κ3) is 3.65. The van der Waals surface area contributed by atoms with E-state index in [1.807, 2.05) is 0 Å². The normalized spacial score (nSPS) is 13.8. The molecule has 5 nitrogen and oxygen atoms in total. The van der Waals surface area contributed by atoms with Crippen molar-refractivity contribution in [2.24, 2.45) is 0 Å². The van der Waals surface area contributed by atoms with Crippen LogP contribution in [0.4, 0.5) is 0 Å². The van der Waals surface area contributed by atoms with Crippen molar-refractivity contribution in [2.75, 3.05) is 0 Å². The Morgan fingerprint density at radius 1 is 0.793 bits per heavy atom. The van der Waals surface area contributed by atoms with Crippen LogP contribution in [0.2, 0.25) is 20.1 Å². The predicted molar refractivity (Wildman–Crippen MR) is 114 cm³/mol. The SMILES string of the molecule is O=S(=O)(O)C(c1ccc(O)cc1)(c1cc(Cl)ccc1Cl)c1c(O)ccc(Cl)c1Cl. The molecule has 0 aromatic heterocycles. The number of phenols is 2. The number of hydrogen-bond acceptors (Lipinski definition) is 4. The van der Waals surface area contributed by atoms with Crippen molar-refractivity contribution in [1.29, 1.82) is 0 Å². The van der Waals surface area contributed by atoms with E-state index in [1.54, 1.807) is 0 Å². The molecule has 3 aromatic carbocycles. The second kappa shape index (κ2) is 7.87. The molecular weight excluding hydrogens is 482 g/mol. The van der Waals surface area contributed by atoms with E-state index in [-0.39, 0.29) is 37.0 Å². The fraction of sp³-hybridized carbons (Fsp3) is 0.0526. The van der Waals surface area contributed by atoms with Crippen LogP contribution in [0.5, 0.6) is 11.5 Å². The summed E-state index contributed by atoms with van der Waals surface area (Å²) in [6.45, 7) is 0. The van der Waals surface area contributed by atoms with E-state index in [2.05, 4.69) is 0 Å². The predicted octanol–water partition coefficient (Wildman–Crippen LogP) is 5.89. The van der Waals surface area contributed by atoms with Crippen molar-refractivity contribution in [1.82, 2.24) is 0 Å². The maximum atomic E-state index is 13.0. The van der Waals surface area contributed by atoms with Gasteiger partial charge >= 0.3 is 0 Å². The third-order valence-electron chi connectivity index (χ3n) is 4.39. The molecular formula is C19H12Cl4O5S. The molecule has 0 saturated heterocycles. The molecule has 0 spiro atoms. The van der Waals surface area contributed by atoms with E-state index >= 15 is 0 Å². The van der Waals surface area contributed by atoms with Crippen LogP contribution in [0.25, 0.3) is 0 Å². The molecule has 152 valence electrons. The van der Waals surface area contributed by atoms with Crippen LogP contribution in [-0.4, -0.2) is 23.2 Å². The lowest BCUT2D eigenvalue weighted by molar-refractivity contribution is 0.440. The lowest BCUT2D eigenvalue weighted by Crippen LogP contribution is -2.39. The van der Waals surface area contributed by atoms with Crippen LogP contribution in [0, 0.1) is 0 Å². The number of phenolic OH excluding ortho intramolecular Hbond substituents is 2. The molecule has 1 atom stereocenters. The molecule has 0 aliphatic heterocycles. The number of benzene rings is 3. The minimum absolute atomic E-state index is 0.0654. The third-order valence-corrected chi connectivity index (χ3v) is 7.20. The lowest BCUT2D eigenvalue weighted by atomic mass is 9.83. The number of aromatic hydroxyl groups is 2. The summed E-state index contributed by atoms with van der Waals surface area (Å²) in [6.07, 6.45) is 0. The van der Waals surface area contributed by atoms with Crippen LogP contribution in [0.1, 0.15) is 16.7 Å². The highest BCUT2D eigenvalue weighted by Crippen LogP contribution is 2.53. The molecule has 0 radical (unpaired) electrons. The molecule has 0 amide bonds. The first-order valence-electron chi connectivity index (χ1n) is 7.89. The number of rotatable bonds is 4. The Morgan fingerprint density at radius 2 is 1.38 bits per heavy atom. The van der Waals surface area contributed by atoms with Gasteiger partial charge < -0.3 is 10.2 Å². The van der Waals surface area contributed by atoms with Gasteiger partial charge in [0.25, 0.3) is 10.1 Å². The van der Waals surface area contributed by atoms with E-state index in [4.69, 9.17) is 46.4 Å². The fourth-order valence-electron chi connectivity index (χ4n) is 3.19. The van der Waals surface area contributed by atoms with Gasteiger partial charge in [-0.2, -0.15) is 8.42 Å². The first-order chi connectivity index (χ1) is 13.5. The maximum absolute atomic E-state index is 13.0. The van der Waals surface area contributed by atoms with Crippen molar-refractivity contribution >= 4 is 56.5 Å². The number of hydrogen-bond donors (Lipinski definition) is 3. The zero-order valence-corrected chi connectivity index (χ0v) is 18.1. The van der Waals surface area contributed by atoms with Gasteiger partial charge in [0.05, 0.1) is 10.0 Å². The Hall–Kier alpha value is -1.67.